The van der Waals surface area contributed by atoms with Crippen molar-refractivity contribution in [2.24, 2.45) is 0 Å². The number of carboxylic acid groups (broad SMARTS) is 1. The number of hydrogen-bond acceptors (Lipinski definition) is 3. The van der Waals surface area contributed by atoms with Gasteiger partial charge < -0.3 is 10.0 Å². The van der Waals surface area contributed by atoms with Gasteiger partial charge in [0.25, 0.3) is 0 Å². The van der Waals surface area contributed by atoms with Crippen LogP contribution >= 0.6 is 0 Å². The average molecular weight is 371 g/mol. The van der Waals surface area contributed by atoms with Crippen molar-refractivity contribution in [2.45, 2.75) is 63.8 Å². The maximum absolute atomic E-state index is 12.2. The minimum absolute atomic E-state index is 0.169. The van der Waals surface area contributed by atoms with Gasteiger partial charge in [-0.3, -0.25) is 14.4 Å². The molecule has 27 heavy (non-hydrogen) atoms. The summed E-state index contributed by atoms with van der Waals surface area (Å²) in [6.07, 6.45) is 9.26. The SMILES string of the molecule is O=C/C(=C/CC1CCC(=O)N1CCCCCCC(=O)O)Cc1ccccc1. The molecule has 1 unspecified atom stereocenters. The number of rotatable bonds is 12. The highest BCUT2D eigenvalue weighted by Gasteiger charge is 2.29. The Balaban J connectivity index is 1.80. The lowest BCUT2D eigenvalue weighted by molar-refractivity contribution is -0.137. The smallest absolute Gasteiger partial charge is 0.303 e. The molecule has 1 saturated heterocycles. The summed E-state index contributed by atoms with van der Waals surface area (Å²) in [5, 5.41) is 8.65. The molecule has 0 spiro atoms. The number of aldehydes is 1. The molecule has 1 atom stereocenters. The Labute approximate surface area is 161 Å². The van der Waals surface area contributed by atoms with E-state index in [-0.39, 0.29) is 18.4 Å². The summed E-state index contributed by atoms with van der Waals surface area (Å²) in [6, 6.07) is 10.1. The van der Waals surface area contributed by atoms with Gasteiger partial charge in [0, 0.05) is 31.8 Å². The fourth-order valence-corrected chi connectivity index (χ4v) is 3.54. The molecule has 0 aliphatic carbocycles. The van der Waals surface area contributed by atoms with E-state index in [0.717, 1.165) is 49.7 Å². The number of amides is 1. The number of allylic oxidation sites excluding steroid dienone is 1. The number of nitrogens with zero attached hydrogens (tertiary/aromatic N) is 1. The van der Waals surface area contributed by atoms with Gasteiger partial charge in [-0.2, -0.15) is 0 Å². The van der Waals surface area contributed by atoms with E-state index in [9.17, 15) is 14.4 Å². The second kappa shape index (κ2) is 11.3. The van der Waals surface area contributed by atoms with E-state index < -0.39 is 5.97 Å². The van der Waals surface area contributed by atoms with E-state index in [4.69, 9.17) is 5.11 Å². The number of hydrogen-bond donors (Lipinski definition) is 1. The normalized spacial score (nSPS) is 17.3. The molecule has 1 N–H and O–H groups in total. The lowest BCUT2D eigenvalue weighted by Crippen LogP contribution is -2.33. The maximum Gasteiger partial charge on any atom is 0.303 e. The van der Waals surface area contributed by atoms with Crippen LogP contribution in [0.4, 0.5) is 0 Å². The zero-order valence-corrected chi connectivity index (χ0v) is 15.8. The molecule has 1 heterocycles. The van der Waals surface area contributed by atoms with E-state index in [1.165, 1.54) is 0 Å². The van der Waals surface area contributed by atoms with Gasteiger partial charge in [-0.05, 0) is 36.8 Å². The second-order valence-electron chi connectivity index (χ2n) is 7.13. The molecule has 5 nitrogen and oxygen atoms in total. The molecule has 1 aromatic rings. The topological polar surface area (TPSA) is 74.7 Å². The lowest BCUT2D eigenvalue weighted by Gasteiger charge is -2.24. The van der Waals surface area contributed by atoms with Crippen LogP contribution in [-0.4, -0.2) is 40.8 Å². The monoisotopic (exact) mass is 371 g/mol. The van der Waals surface area contributed by atoms with E-state index in [1.807, 2.05) is 41.3 Å². The van der Waals surface area contributed by atoms with Crippen LogP contribution in [0.2, 0.25) is 0 Å². The van der Waals surface area contributed by atoms with Crippen molar-refractivity contribution in [3.05, 3.63) is 47.5 Å². The standard InChI is InChI=1S/C22H29NO4/c24-17-19(16-18-8-4-3-5-9-18)11-12-20-13-14-21(25)23(20)15-7-2-1-6-10-22(26)27/h3-5,8-9,11,17,20H,1-2,6-7,10,12-16H2,(H,26,27)/b19-11+. The third-order valence-corrected chi connectivity index (χ3v) is 5.05. The molecule has 1 aromatic carbocycles. The lowest BCUT2D eigenvalue weighted by atomic mass is 10.0. The van der Waals surface area contributed by atoms with Gasteiger partial charge in [-0.25, -0.2) is 0 Å². The fourth-order valence-electron chi connectivity index (χ4n) is 3.54. The first kappa shape index (κ1) is 20.9. The predicted molar refractivity (Wildman–Crippen MR) is 104 cm³/mol. The summed E-state index contributed by atoms with van der Waals surface area (Å²) in [6.45, 7) is 0.722. The van der Waals surface area contributed by atoms with Crippen LogP contribution in [0.3, 0.4) is 0 Å². The van der Waals surface area contributed by atoms with E-state index in [2.05, 4.69) is 0 Å². The molecule has 0 aromatic heterocycles. The molecule has 0 radical (unpaired) electrons. The summed E-state index contributed by atoms with van der Waals surface area (Å²) in [7, 11) is 0. The van der Waals surface area contributed by atoms with Crippen molar-refractivity contribution in [2.75, 3.05) is 6.54 Å². The van der Waals surface area contributed by atoms with E-state index >= 15 is 0 Å². The summed E-state index contributed by atoms with van der Waals surface area (Å²) in [4.78, 5) is 36.0. The van der Waals surface area contributed by atoms with Crippen molar-refractivity contribution < 1.29 is 19.5 Å². The molecule has 5 heteroatoms. The number of unbranched alkanes of at least 4 members (excludes halogenated alkanes) is 3. The Kier molecular flexibility index (Phi) is 8.75. The highest BCUT2D eigenvalue weighted by Crippen LogP contribution is 2.23. The number of aliphatic carboxylic acids is 1. The average Bonchev–Trinajstić information content (AvgIpc) is 3.02. The molecule has 1 aliphatic rings. The van der Waals surface area contributed by atoms with Crippen LogP contribution < -0.4 is 0 Å². The maximum atomic E-state index is 12.2. The van der Waals surface area contributed by atoms with Crippen molar-refractivity contribution in [3.63, 3.8) is 0 Å². The number of likely N-dealkylation sites (tertiary alicyclic amines) is 1. The molecular formula is C22H29NO4. The highest BCUT2D eigenvalue weighted by atomic mass is 16.4. The van der Waals surface area contributed by atoms with Gasteiger partial charge in [0.05, 0.1) is 0 Å². The third kappa shape index (κ3) is 7.37. The molecular weight excluding hydrogens is 342 g/mol. The number of carbonyl (C=O) groups excluding carboxylic acids is 2. The Morgan fingerprint density at radius 2 is 1.89 bits per heavy atom. The summed E-state index contributed by atoms with van der Waals surface area (Å²) in [5.74, 6) is -0.562. The van der Waals surface area contributed by atoms with Crippen molar-refractivity contribution in [1.29, 1.82) is 0 Å². The zero-order chi connectivity index (χ0) is 19.5. The van der Waals surface area contributed by atoms with Crippen molar-refractivity contribution in [3.8, 4) is 0 Å². The Morgan fingerprint density at radius 3 is 2.59 bits per heavy atom. The van der Waals surface area contributed by atoms with Gasteiger partial charge in [0.15, 0.2) is 0 Å². The van der Waals surface area contributed by atoms with Gasteiger partial charge in [0.1, 0.15) is 6.29 Å². The number of benzene rings is 1. The van der Waals surface area contributed by atoms with Gasteiger partial charge in [-0.15, -0.1) is 0 Å². The number of carboxylic acids is 1. The summed E-state index contributed by atoms with van der Waals surface area (Å²) < 4.78 is 0. The minimum Gasteiger partial charge on any atom is -0.481 e. The Bertz CT molecular complexity index is 654. The molecule has 1 fully saturated rings. The Hall–Kier alpha value is -2.43. The first-order valence-corrected chi connectivity index (χ1v) is 9.79. The quantitative estimate of drug-likeness (QED) is 0.345. The number of carbonyl (C=O) groups is 3. The van der Waals surface area contributed by atoms with Crippen LogP contribution in [0, 0.1) is 0 Å². The third-order valence-electron chi connectivity index (χ3n) is 5.05. The fraction of sp³-hybridized carbons (Fsp3) is 0.500. The van der Waals surface area contributed by atoms with E-state index in [0.29, 0.717) is 25.7 Å². The molecule has 0 saturated carbocycles. The minimum atomic E-state index is -0.752. The first-order valence-electron chi connectivity index (χ1n) is 9.79. The zero-order valence-electron chi connectivity index (χ0n) is 15.8. The van der Waals surface area contributed by atoms with Gasteiger partial charge in [-0.1, -0.05) is 49.2 Å². The largest absolute Gasteiger partial charge is 0.481 e. The highest BCUT2D eigenvalue weighted by molar-refractivity contribution is 5.79. The van der Waals surface area contributed by atoms with Crippen LogP contribution in [0.15, 0.2) is 42.0 Å². The molecule has 2 rings (SSSR count). The van der Waals surface area contributed by atoms with Crippen LogP contribution in [0.5, 0.6) is 0 Å². The van der Waals surface area contributed by atoms with Crippen molar-refractivity contribution >= 4 is 18.2 Å². The molecule has 1 aliphatic heterocycles. The molecule has 1 amide bonds. The van der Waals surface area contributed by atoms with Crippen molar-refractivity contribution in [1.82, 2.24) is 4.90 Å². The predicted octanol–water partition coefficient (Wildman–Crippen LogP) is 3.77. The van der Waals surface area contributed by atoms with Crippen LogP contribution in [0.1, 0.15) is 56.9 Å². The molecule has 146 valence electrons. The molecule has 0 bridgehead atoms. The van der Waals surface area contributed by atoms with Gasteiger partial charge in [0.2, 0.25) is 5.91 Å². The van der Waals surface area contributed by atoms with Crippen LogP contribution in [0.25, 0.3) is 0 Å². The first-order chi connectivity index (χ1) is 13.1. The van der Waals surface area contributed by atoms with E-state index in [1.54, 1.807) is 0 Å². The summed E-state index contributed by atoms with van der Waals surface area (Å²) in [5.41, 5.74) is 1.87. The Morgan fingerprint density at radius 1 is 1.15 bits per heavy atom. The van der Waals surface area contributed by atoms with Gasteiger partial charge >= 0.3 is 5.97 Å². The van der Waals surface area contributed by atoms with Crippen LogP contribution in [-0.2, 0) is 20.8 Å². The summed E-state index contributed by atoms with van der Waals surface area (Å²) >= 11 is 0. The second-order valence-corrected chi connectivity index (χ2v) is 7.13.